The van der Waals surface area contributed by atoms with Gasteiger partial charge in [-0.05, 0) is 6.92 Å². The summed E-state index contributed by atoms with van der Waals surface area (Å²) in [6.45, 7) is 2.21. The monoisotopic (exact) mass is 400 g/mol. The number of fused-ring (bicyclic) bond motifs is 1. The van der Waals surface area contributed by atoms with Gasteiger partial charge >= 0.3 is 0 Å². The number of hydrogen-bond acceptors (Lipinski definition) is 8. The van der Waals surface area contributed by atoms with Crippen LogP contribution in [0.2, 0.25) is 0 Å². The van der Waals surface area contributed by atoms with E-state index in [1.807, 2.05) is 25.1 Å². The van der Waals surface area contributed by atoms with Crippen LogP contribution < -0.4 is 5.32 Å². The van der Waals surface area contributed by atoms with E-state index in [0.29, 0.717) is 12.0 Å². The fourth-order valence-electron chi connectivity index (χ4n) is 2.64. The van der Waals surface area contributed by atoms with Gasteiger partial charge in [-0.25, -0.2) is 9.50 Å². The van der Waals surface area contributed by atoms with Crippen LogP contribution in [0.5, 0.6) is 0 Å². The molecule has 2 aromatic heterocycles. The Morgan fingerprint density at radius 1 is 1.39 bits per heavy atom. The number of aromatic nitrogens is 3. The largest absolute Gasteiger partial charge is 0.398 e. The Morgan fingerprint density at radius 2 is 2.21 bits per heavy atom. The number of carbonyl (C=O) groups excluding carboxylic acids is 1. The number of nitrogens with one attached hydrogen (secondary N) is 1. The molecule has 0 spiro atoms. The Hall–Kier alpha value is -3.27. The maximum Gasteiger partial charge on any atom is 0.273 e. The van der Waals surface area contributed by atoms with E-state index in [2.05, 4.69) is 25.7 Å². The summed E-state index contributed by atoms with van der Waals surface area (Å²) >= 11 is 1.58. The van der Waals surface area contributed by atoms with Gasteiger partial charge in [0.25, 0.3) is 5.91 Å². The van der Waals surface area contributed by atoms with E-state index in [9.17, 15) is 4.79 Å². The van der Waals surface area contributed by atoms with E-state index in [1.54, 1.807) is 28.1 Å². The van der Waals surface area contributed by atoms with Gasteiger partial charge in [0.2, 0.25) is 4.96 Å². The van der Waals surface area contributed by atoms with Crippen molar-refractivity contribution in [2.45, 2.75) is 20.0 Å². The normalized spacial score (nSPS) is 11.9. The first-order valence-corrected chi connectivity index (χ1v) is 9.30. The van der Waals surface area contributed by atoms with Crippen molar-refractivity contribution in [3.8, 4) is 0 Å². The minimum absolute atomic E-state index is 0.177. The van der Waals surface area contributed by atoms with Crippen LogP contribution in [0.25, 0.3) is 4.96 Å². The summed E-state index contributed by atoms with van der Waals surface area (Å²) in [4.78, 5) is 28.5. The Kier molecular flexibility index (Phi) is 6.33. The fourth-order valence-corrected chi connectivity index (χ4v) is 3.55. The number of aryl methyl sites for hydroxylation is 1. The van der Waals surface area contributed by atoms with Gasteiger partial charge in [-0.3, -0.25) is 4.79 Å². The van der Waals surface area contributed by atoms with Gasteiger partial charge in [0, 0.05) is 35.7 Å². The molecule has 1 amide bonds. The lowest BCUT2D eigenvalue weighted by atomic mass is 10.0. The summed E-state index contributed by atoms with van der Waals surface area (Å²) < 4.78 is 1.80. The first kappa shape index (κ1) is 19.5. The molecule has 1 aromatic carbocycles. The lowest BCUT2D eigenvalue weighted by Crippen LogP contribution is -2.29. The molecular weight excluding hydrogens is 380 g/mol. The van der Waals surface area contributed by atoms with Gasteiger partial charge in [-0.15, -0.1) is 0 Å². The topological polar surface area (TPSA) is 102 Å². The number of oxime groups is 2. The van der Waals surface area contributed by atoms with E-state index in [1.165, 1.54) is 20.5 Å². The standard InChI is InChI=1S/C18H20N6O3S/c1-12-15(24-18(28-12)20-11-21-24)8-9-22-27-10-13-6-4-5-7-14(13)16(23-26-3)17(25)19-2/h4-7,9,11H,8,10H2,1-3H3,(H,19,25). The van der Waals surface area contributed by atoms with E-state index >= 15 is 0 Å². The molecule has 146 valence electrons. The predicted molar refractivity (Wildman–Crippen MR) is 107 cm³/mol. The van der Waals surface area contributed by atoms with Crippen LogP contribution in [-0.2, 0) is 27.5 Å². The number of benzene rings is 1. The van der Waals surface area contributed by atoms with Crippen LogP contribution in [0.15, 0.2) is 40.9 Å². The number of carbonyl (C=O) groups is 1. The Morgan fingerprint density at radius 3 is 3.00 bits per heavy atom. The molecule has 0 saturated heterocycles. The average molecular weight is 400 g/mol. The number of likely N-dealkylation sites (N-methyl/N-ethyl adjacent to an activating group) is 1. The number of nitrogens with zero attached hydrogens (tertiary/aromatic N) is 5. The zero-order valence-corrected chi connectivity index (χ0v) is 16.6. The zero-order valence-electron chi connectivity index (χ0n) is 15.7. The van der Waals surface area contributed by atoms with Gasteiger partial charge in [0.15, 0.2) is 5.71 Å². The molecule has 3 aromatic rings. The minimum Gasteiger partial charge on any atom is -0.398 e. The molecule has 3 rings (SSSR count). The van der Waals surface area contributed by atoms with E-state index in [4.69, 9.17) is 9.68 Å². The summed E-state index contributed by atoms with van der Waals surface area (Å²) in [6, 6.07) is 7.31. The molecule has 9 nitrogen and oxygen atoms in total. The van der Waals surface area contributed by atoms with Gasteiger partial charge in [-0.1, -0.05) is 45.9 Å². The molecule has 1 N–H and O–H groups in total. The molecule has 28 heavy (non-hydrogen) atoms. The van der Waals surface area contributed by atoms with Gasteiger partial charge in [-0.2, -0.15) is 5.10 Å². The van der Waals surface area contributed by atoms with E-state index in [0.717, 1.165) is 21.1 Å². The number of thiazole rings is 1. The van der Waals surface area contributed by atoms with Gasteiger partial charge in [0.05, 0.1) is 5.69 Å². The maximum absolute atomic E-state index is 12.1. The predicted octanol–water partition coefficient (Wildman–Crippen LogP) is 1.94. The number of rotatable bonds is 8. The highest BCUT2D eigenvalue weighted by atomic mass is 32.1. The molecule has 0 unspecified atom stereocenters. The smallest absolute Gasteiger partial charge is 0.273 e. The molecule has 0 bridgehead atoms. The quantitative estimate of drug-likeness (QED) is 0.460. The van der Waals surface area contributed by atoms with Crippen molar-refractivity contribution >= 4 is 34.1 Å². The van der Waals surface area contributed by atoms with Crippen LogP contribution >= 0.6 is 11.3 Å². The van der Waals surface area contributed by atoms with Crippen LogP contribution in [0.4, 0.5) is 0 Å². The highest BCUT2D eigenvalue weighted by molar-refractivity contribution is 7.17. The summed E-state index contributed by atoms with van der Waals surface area (Å²) in [5.74, 6) is -0.345. The summed E-state index contributed by atoms with van der Waals surface area (Å²) in [6.07, 6.45) is 3.79. The number of hydrogen-bond donors (Lipinski definition) is 1. The Labute approximate surface area is 165 Å². The second-order valence-electron chi connectivity index (χ2n) is 5.68. The van der Waals surface area contributed by atoms with Crippen LogP contribution in [0, 0.1) is 6.92 Å². The molecule has 0 aliphatic rings. The molecular formula is C18H20N6O3S. The fraction of sp³-hybridized carbons (Fsp3) is 0.278. The molecule has 0 aliphatic heterocycles. The molecule has 0 saturated carbocycles. The summed E-state index contributed by atoms with van der Waals surface area (Å²) in [7, 11) is 2.93. The second kappa shape index (κ2) is 9.09. The highest BCUT2D eigenvalue weighted by Gasteiger charge is 2.17. The van der Waals surface area contributed by atoms with Crippen molar-refractivity contribution in [3.63, 3.8) is 0 Å². The first-order valence-electron chi connectivity index (χ1n) is 8.49. The van der Waals surface area contributed by atoms with Crippen molar-refractivity contribution in [1.82, 2.24) is 19.9 Å². The molecule has 2 heterocycles. The van der Waals surface area contributed by atoms with Crippen molar-refractivity contribution in [3.05, 3.63) is 52.3 Å². The molecule has 0 aliphatic carbocycles. The average Bonchev–Trinajstić information content (AvgIpc) is 3.27. The summed E-state index contributed by atoms with van der Waals surface area (Å²) in [5.41, 5.74) is 2.59. The molecule has 0 radical (unpaired) electrons. The van der Waals surface area contributed by atoms with Gasteiger partial charge < -0.3 is 15.0 Å². The maximum atomic E-state index is 12.1. The SMILES string of the molecule is CNC(=O)C(=NOC)c1ccccc1CON=CCc1c(C)sc2ncnn12. The number of amides is 1. The van der Waals surface area contributed by atoms with Crippen LogP contribution in [0.1, 0.15) is 21.7 Å². The lowest BCUT2D eigenvalue weighted by Gasteiger charge is -2.09. The third kappa shape index (κ3) is 4.17. The van der Waals surface area contributed by atoms with E-state index in [-0.39, 0.29) is 18.2 Å². The molecule has 0 fully saturated rings. The molecule has 0 atom stereocenters. The Bertz CT molecular complexity index is 1020. The van der Waals surface area contributed by atoms with Crippen molar-refractivity contribution in [2.75, 3.05) is 14.2 Å². The third-order valence-corrected chi connectivity index (χ3v) is 4.98. The molecule has 10 heteroatoms. The third-order valence-electron chi connectivity index (χ3n) is 3.97. The first-order chi connectivity index (χ1) is 13.7. The van der Waals surface area contributed by atoms with Crippen molar-refractivity contribution in [1.29, 1.82) is 0 Å². The second-order valence-corrected chi connectivity index (χ2v) is 6.87. The Balaban J connectivity index is 1.67. The van der Waals surface area contributed by atoms with Gasteiger partial charge in [0.1, 0.15) is 20.0 Å². The van der Waals surface area contributed by atoms with Crippen molar-refractivity contribution < 1.29 is 14.5 Å². The minimum atomic E-state index is -0.345. The van der Waals surface area contributed by atoms with E-state index < -0.39 is 0 Å². The van der Waals surface area contributed by atoms with Crippen LogP contribution in [0.3, 0.4) is 0 Å². The lowest BCUT2D eigenvalue weighted by molar-refractivity contribution is -0.114. The van der Waals surface area contributed by atoms with Crippen LogP contribution in [-0.4, -0.2) is 46.6 Å². The van der Waals surface area contributed by atoms with Crippen molar-refractivity contribution in [2.24, 2.45) is 10.3 Å². The zero-order chi connectivity index (χ0) is 19.9. The summed E-state index contributed by atoms with van der Waals surface area (Å²) in [5, 5.41) is 14.6. The highest BCUT2D eigenvalue weighted by Crippen LogP contribution is 2.20.